The number of carbonyl (C=O) groups is 1. The van der Waals surface area contributed by atoms with Crippen LogP contribution >= 0.6 is 11.3 Å². The van der Waals surface area contributed by atoms with E-state index in [1.165, 1.54) is 0 Å². The molecule has 1 aliphatic heterocycles. The number of nitrogens with zero attached hydrogens (tertiary/aromatic N) is 3. The van der Waals surface area contributed by atoms with E-state index in [1.54, 1.807) is 18.4 Å². The Kier molecular flexibility index (Phi) is 6.09. The van der Waals surface area contributed by atoms with Gasteiger partial charge in [-0.1, -0.05) is 17.3 Å². The highest BCUT2D eigenvalue weighted by molar-refractivity contribution is 7.08. The maximum Gasteiger partial charge on any atom is 0.227 e. The topological polar surface area (TPSA) is 80.5 Å². The number of hydrogen-bond acceptors (Lipinski definition) is 7. The van der Waals surface area contributed by atoms with Gasteiger partial charge in [0.15, 0.2) is 0 Å². The van der Waals surface area contributed by atoms with Crippen LogP contribution in [0, 0.1) is 0 Å². The summed E-state index contributed by atoms with van der Waals surface area (Å²) in [5, 5.41) is 11.1. The number of aryl methyl sites for hydroxylation is 1. The summed E-state index contributed by atoms with van der Waals surface area (Å²) in [5.41, 5.74) is 2.01. The molecule has 1 amide bonds. The lowest BCUT2D eigenvalue weighted by Crippen LogP contribution is -2.48. The molecule has 1 saturated heterocycles. The fourth-order valence-electron chi connectivity index (χ4n) is 3.59. The SMILES string of the molecule is COc1ccccc1N1CCCC(NC(=O)CCc2nc(-c3ccsc3)no2)C1. The second-order valence-electron chi connectivity index (χ2n) is 7.05. The third-order valence-corrected chi connectivity index (χ3v) is 5.71. The molecule has 7 nitrogen and oxygen atoms in total. The number of ether oxygens (including phenoxy) is 1. The number of amides is 1. The summed E-state index contributed by atoms with van der Waals surface area (Å²) in [6.45, 7) is 1.73. The summed E-state index contributed by atoms with van der Waals surface area (Å²) in [6.07, 6.45) is 2.76. The Morgan fingerprint density at radius 2 is 2.28 bits per heavy atom. The molecule has 1 atom stereocenters. The fourth-order valence-corrected chi connectivity index (χ4v) is 4.22. The molecule has 0 spiro atoms. The number of rotatable bonds is 7. The molecule has 1 N–H and O–H groups in total. The first-order valence-electron chi connectivity index (χ1n) is 9.75. The minimum atomic E-state index is 0.00663. The van der Waals surface area contributed by atoms with E-state index in [1.807, 2.05) is 35.0 Å². The number of piperidine rings is 1. The quantitative estimate of drug-likeness (QED) is 0.640. The molecule has 0 aliphatic carbocycles. The number of aromatic nitrogens is 2. The average molecular weight is 413 g/mol. The van der Waals surface area contributed by atoms with Gasteiger partial charge >= 0.3 is 0 Å². The van der Waals surface area contributed by atoms with E-state index < -0.39 is 0 Å². The molecule has 0 saturated carbocycles. The van der Waals surface area contributed by atoms with Gasteiger partial charge in [0.05, 0.1) is 12.8 Å². The Morgan fingerprint density at radius 3 is 3.10 bits per heavy atom. The molecule has 3 aromatic rings. The Hall–Kier alpha value is -2.87. The summed E-state index contributed by atoms with van der Waals surface area (Å²) in [6, 6.07) is 10.1. The molecule has 3 heterocycles. The van der Waals surface area contributed by atoms with Crippen molar-refractivity contribution in [1.29, 1.82) is 0 Å². The Labute approximate surface area is 173 Å². The Balaban J connectivity index is 1.29. The van der Waals surface area contributed by atoms with Crippen LogP contribution in [0.15, 0.2) is 45.6 Å². The smallest absolute Gasteiger partial charge is 0.227 e. The lowest BCUT2D eigenvalue weighted by Gasteiger charge is -2.35. The molecule has 0 bridgehead atoms. The molecular weight excluding hydrogens is 388 g/mol. The molecule has 8 heteroatoms. The second kappa shape index (κ2) is 9.09. The highest BCUT2D eigenvalue weighted by Crippen LogP contribution is 2.30. The summed E-state index contributed by atoms with van der Waals surface area (Å²) in [4.78, 5) is 19.1. The van der Waals surface area contributed by atoms with E-state index >= 15 is 0 Å². The number of anilines is 1. The molecule has 1 aliphatic rings. The number of thiophene rings is 1. The monoisotopic (exact) mass is 412 g/mol. The highest BCUT2D eigenvalue weighted by atomic mass is 32.1. The third kappa shape index (κ3) is 4.76. The molecule has 29 heavy (non-hydrogen) atoms. The predicted octanol–water partition coefficient (Wildman–Crippen LogP) is 3.52. The van der Waals surface area contributed by atoms with Crippen LogP contribution in [0.2, 0.25) is 0 Å². The molecule has 1 unspecified atom stereocenters. The van der Waals surface area contributed by atoms with Crippen LogP contribution in [-0.2, 0) is 11.2 Å². The number of benzene rings is 1. The van der Waals surface area contributed by atoms with Crippen molar-refractivity contribution in [1.82, 2.24) is 15.5 Å². The van der Waals surface area contributed by atoms with E-state index in [-0.39, 0.29) is 11.9 Å². The van der Waals surface area contributed by atoms with E-state index in [9.17, 15) is 4.79 Å². The molecule has 1 aromatic carbocycles. The maximum atomic E-state index is 12.4. The third-order valence-electron chi connectivity index (χ3n) is 5.03. The zero-order valence-corrected chi connectivity index (χ0v) is 17.2. The van der Waals surface area contributed by atoms with Gasteiger partial charge in [-0.2, -0.15) is 16.3 Å². The molecule has 152 valence electrons. The maximum absolute atomic E-state index is 12.4. The fraction of sp³-hybridized carbons (Fsp3) is 0.381. The summed E-state index contributed by atoms with van der Waals surface area (Å²) < 4.78 is 10.8. The molecular formula is C21H24N4O3S. The molecule has 1 fully saturated rings. The van der Waals surface area contributed by atoms with Gasteiger partial charge in [0, 0.05) is 42.9 Å². The number of para-hydroxylation sites is 2. The summed E-state index contributed by atoms with van der Waals surface area (Å²) >= 11 is 1.58. The lowest BCUT2D eigenvalue weighted by atomic mass is 10.0. The van der Waals surface area contributed by atoms with Crippen LogP contribution in [0.5, 0.6) is 5.75 Å². The first-order valence-corrected chi connectivity index (χ1v) is 10.7. The summed E-state index contributed by atoms with van der Waals surface area (Å²) in [7, 11) is 1.68. The van der Waals surface area contributed by atoms with Crippen molar-refractivity contribution in [2.45, 2.75) is 31.7 Å². The van der Waals surface area contributed by atoms with Gasteiger partial charge in [-0.25, -0.2) is 0 Å². The van der Waals surface area contributed by atoms with Crippen LogP contribution in [0.25, 0.3) is 11.4 Å². The van der Waals surface area contributed by atoms with Crippen molar-refractivity contribution < 1.29 is 14.1 Å². The van der Waals surface area contributed by atoms with E-state index in [0.29, 0.717) is 24.6 Å². The largest absolute Gasteiger partial charge is 0.495 e. The van der Waals surface area contributed by atoms with E-state index in [0.717, 1.165) is 42.9 Å². The van der Waals surface area contributed by atoms with Gasteiger partial charge in [0.1, 0.15) is 5.75 Å². The van der Waals surface area contributed by atoms with Crippen molar-refractivity contribution in [2.24, 2.45) is 0 Å². The predicted molar refractivity (Wildman–Crippen MR) is 112 cm³/mol. The van der Waals surface area contributed by atoms with Crippen LogP contribution < -0.4 is 15.0 Å². The number of carbonyl (C=O) groups excluding carboxylic acids is 1. The Morgan fingerprint density at radius 1 is 1.38 bits per heavy atom. The first kappa shape index (κ1) is 19.4. The van der Waals surface area contributed by atoms with Gasteiger partial charge in [-0.3, -0.25) is 4.79 Å². The van der Waals surface area contributed by atoms with Crippen LogP contribution in [0.3, 0.4) is 0 Å². The zero-order valence-electron chi connectivity index (χ0n) is 16.3. The average Bonchev–Trinajstić information content (AvgIpc) is 3.44. The molecule has 4 rings (SSSR count). The minimum Gasteiger partial charge on any atom is -0.495 e. The molecule has 2 aromatic heterocycles. The first-order chi connectivity index (χ1) is 14.2. The van der Waals surface area contributed by atoms with Crippen molar-refractivity contribution in [3.8, 4) is 17.1 Å². The van der Waals surface area contributed by atoms with Gasteiger partial charge < -0.3 is 19.5 Å². The van der Waals surface area contributed by atoms with Gasteiger partial charge in [0.25, 0.3) is 0 Å². The van der Waals surface area contributed by atoms with Crippen LogP contribution in [0.1, 0.15) is 25.2 Å². The highest BCUT2D eigenvalue weighted by Gasteiger charge is 2.23. The van der Waals surface area contributed by atoms with Crippen LogP contribution in [-0.4, -0.2) is 42.3 Å². The lowest BCUT2D eigenvalue weighted by molar-refractivity contribution is -0.121. The Bertz CT molecular complexity index is 941. The van der Waals surface area contributed by atoms with Gasteiger partial charge in [-0.15, -0.1) is 0 Å². The van der Waals surface area contributed by atoms with E-state index in [4.69, 9.17) is 9.26 Å². The zero-order chi connectivity index (χ0) is 20.1. The normalized spacial score (nSPS) is 16.6. The number of hydrogen-bond donors (Lipinski definition) is 1. The second-order valence-corrected chi connectivity index (χ2v) is 7.83. The minimum absolute atomic E-state index is 0.00663. The van der Waals surface area contributed by atoms with Gasteiger partial charge in [0.2, 0.25) is 17.6 Å². The molecule has 0 radical (unpaired) electrons. The van der Waals surface area contributed by atoms with Crippen molar-refractivity contribution in [3.05, 3.63) is 47.0 Å². The van der Waals surface area contributed by atoms with E-state index in [2.05, 4.69) is 26.4 Å². The standard InChI is InChI=1S/C21H24N4O3S/c1-27-18-7-3-2-6-17(18)25-11-4-5-16(13-25)22-19(26)8-9-20-23-21(24-28-20)15-10-12-29-14-15/h2-3,6-7,10,12,14,16H,4-5,8-9,11,13H2,1H3,(H,22,26). The summed E-state index contributed by atoms with van der Waals surface area (Å²) in [5.74, 6) is 1.92. The van der Waals surface area contributed by atoms with Gasteiger partial charge in [-0.05, 0) is 36.4 Å². The number of methoxy groups -OCH3 is 1. The van der Waals surface area contributed by atoms with Crippen LogP contribution in [0.4, 0.5) is 5.69 Å². The van der Waals surface area contributed by atoms with Crippen molar-refractivity contribution in [3.63, 3.8) is 0 Å². The van der Waals surface area contributed by atoms with Crippen molar-refractivity contribution >= 4 is 22.9 Å². The number of nitrogens with one attached hydrogen (secondary N) is 1. The van der Waals surface area contributed by atoms with Crippen molar-refractivity contribution in [2.75, 3.05) is 25.1 Å².